The van der Waals surface area contributed by atoms with Crippen LogP contribution in [0.2, 0.25) is 0 Å². The van der Waals surface area contributed by atoms with Gasteiger partial charge >= 0.3 is 0 Å². The monoisotopic (exact) mass is 214 g/mol. The predicted molar refractivity (Wildman–Crippen MR) is 68.6 cm³/mol. The summed E-state index contributed by atoms with van der Waals surface area (Å²) in [5, 5.41) is 0. The second kappa shape index (κ2) is 3.61. The second-order valence-electron chi connectivity index (χ2n) is 6.33. The minimum absolute atomic E-state index is 0.566. The normalized spacial score (nSPS) is 31.6. The van der Waals surface area contributed by atoms with E-state index < -0.39 is 0 Å². The molecule has 0 N–H and O–H groups in total. The third-order valence-corrected chi connectivity index (χ3v) is 5.00. The molecule has 2 aliphatic rings. The summed E-state index contributed by atoms with van der Waals surface area (Å²) in [6.45, 7) is 4.97. The van der Waals surface area contributed by atoms with Crippen LogP contribution in [0.25, 0.3) is 0 Å². The number of aryl methyl sites for hydroxylation is 1. The summed E-state index contributed by atoms with van der Waals surface area (Å²) in [5.41, 5.74) is 3.86. The lowest BCUT2D eigenvalue weighted by Crippen LogP contribution is -2.36. The Morgan fingerprint density at radius 1 is 1.12 bits per heavy atom. The molecule has 0 saturated heterocycles. The third kappa shape index (κ3) is 1.50. The minimum Gasteiger partial charge on any atom is -0.0620 e. The highest BCUT2D eigenvalue weighted by Crippen LogP contribution is 2.53. The number of rotatable bonds is 0. The maximum atomic E-state index is 2.48. The number of hydrogen-bond acceptors (Lipinski definition) is 0. The van der Waals surface area contributed by atoms with Gasteiger partial charge in [-0.2, -0.15) is 0 Å². The molecule has 0 unspecified atom stereocenters. The fourth-order valence-corrected chi connectivity index (χ4v) is 4.11. The van der Waals surface area contributed by atoms with Crippen LogP contribution in [0.15, 0.2) is 24.3 Å². The van der Waals surface area contributed by atoms with Crippen LogP contribution in [0.5, 0.6) is 0 Å². The van der Waals surface area contributed by atoms with Gasteiger partial charge in [0.2, 0.25) is 0 Å². The molecule has 0 radical (unpaired) electrons. The highest BCUT2D eigenvalue weighted by Gasteiger charge is 2.41. The fourth-order valence-electron chi connectivity index (χ4n) is 4.11. The Hall–Kier alpha value is -0.780. The van der Waals surface area contributed by atoms with Gasteiger partial charge in [-0.05, 0) is 54.1 Å². The van der Waals surface area contributed by atoms with E-state index in [9.17, 15) is 0 Å². The molecule has 0 heterocycles. The van der Waals surface area contributed by atoms with Crippen LogP contribution in [-0.4, -0.2) is 0 Å². The maximum Gasteiger partial charge on any atom is -0.0126 e. The lowest BCUT2D eigenvalue weighted by molar-refractivity contribution is 0.0972. The van der Waals surface area contributed by atoms with Gasteiger partial charge in [0.25, 0.3) is 0 Å². The van der Waals surface area contributed by atoms with Gasteiger partial charge in [0, 0.05) is 0 Å². The van der Waals surface area contributed by atoms with Gasteiger partial charge < -0.3 is 0 Å². The van der Waals surface area contributed by atoms with Gasteiger partial charge in [-0.3, -0.25) is 0 Å². The zero-order valence-electron chi connectivity index (χ0n) is 10.5. The number of fused-ring (bicyclic) bond motifs is 3. The molecule has 1 fully saturated rings. The van der Waals surface area contributed by atoms with E-state index >= 15 is 0 Å². The van der Waals surface area contributed by atoms with Crippen LogP contribution < -0.4 is 0 Å². The summed E-state index contributed by atoms with van der Waals surface area (Å²) >= 11 is 0. The van der Waals surface area contributed by atoms with Crippen LogP contribution in [0.4, 0.5) is 0 Å². The van der Waals surface area contributed by atoms with Crippen molar-refractivity contribution < 1.29 is 0 Å². The molecule has 1 saturated carbocycles. The molecule has 0 amide bonds. The lowest BCUT2D eigenvalue weighted by atomic mass is 9.57. The zero-order chi connectivity index (χ0) is 11.2. The largest absolute Gasteiger partial charge is 0.0620 e. The molecule has 0 spiro atoms. The summed E-state index contributed by atoms with van der Waals surface area (Å²) in [6.07, 6.45) is 6.99. The van der Waals surface area contributed by atoms with Gasteiger partial charge in [-0.1, -0.05) is 44.5 Å². The van der Waals surface area contributed by atoms with Crippen LogP contribution in [0.3, 0.4) is 0 Å². The van der Waals surface area contributed by atoms with Crippen molar-refractivity contribution >= 4 is 0 Å². The topological polar surface area (TPSA) is 0 Å². The van der Waals surface area contributed by atoms with E-state index in [0.29, 0.717) is 5.41 Å². The van der Waals surface area contributed by atoms with Crippen molar-refractivity contribution in [3.63, 3.8) is 0 Å². The summed E-state index contributed by atoms with van der Waals surface area (Å²) < 4.78 is 0. The molecule has 86 valence electrons. The van der Waals surface area contributed by atoms with E-state index in [-0.39, 0.29) is 0 Å². The van der Waals surface area contributed by atoms with Gasteiger partial charge in [-0.15, -0.1) is 0 Å². The van der Waals surface area contributed by atoms with Gasteiger partial charge in [0.1, 0.15) is 0 Å². The van der Waals surface area contributed by atoms with Crippen molar-refractivity contribution in [3.8, 4) is 0 Å². The molecule has 2 atom stereocenters. The average Bonchev–Trinajstić information content (AvgIpc) is 2.28. The van der Waals surface area contributed by atoms with E-state index in [4.69, 9.17) is 0 Å². The smallest absolute Gasteiger partial charge is 0.0126 e. The van der Waals surface area contributed by atoms with Crippen LogP contribution in [-0.2, 0) is 6.42 Å². The van der Waals surface area contributed by atoms with Crippen molar-refractivity contribution in [1.29, 1.82) is 0 Å². The number of benzene rings is 1. The summed E-state index contributed by atoms with van der Waals surface area (Å²) in [4.78, 5) is 0. The molecular weight excluding hydrogens is 192 g/mol. The Bertz CT molecular complexity index is 389. The summed E-state index contributed by atoms with van der Waals surface area (Å²) in [7, 11) is 0. The van der Waals surface area contributed by atoms with Crippen LogP contribution in [0.1, 0.15) is 56.6 Å². The van der Waals surface area contributed by atoms with E-state index in [1.165, 1.54) is 32.1 Å². The standard InChI is InChI=1S/C16H22/c1-16(2)11-5-8-14-13-7-4-3-6-12(13)9-10-15(14)16/h3-4,6-7,14-15H,5,8-11H2,1-2H3/t14-,15-/m0/s1. The highest BCUT2D eigenvalue weighted by atomic mass is 14.5. The Morgan fingerprint density at radius 3 is 2.81 bits per heavy atom. The quantitative estimate of drug-likeness (QED) is 0.594. The summed E-state index contributed by atoms with van der Waals surface area (Å²) in [6, 6.07) is 9.15. The Balaban J connectivity index is 2.01. The van der Waals surface area contributed by atoms with Crippen molar-refractivity contribution in [2.45, 2.75) is 51.9 Å². The van der Waals surface area contributed by atoms with Crippen LogP contribution >= 0.6 is 0 Å². The van der Waals surface area contributed by atoms with Gasteiger partial charge in [0.15, 0.2) is 0 Å². The van der Waals surface area contributed by atoms with Crippen molar-refractivity contribution in [2.75, 3.05) is 0 Å². The van der Waals surface area contributed by atoms with E-state index in [2.05, 4.69) is 38.1 Å². The Morgan fingerprint density at radius 2 is 1.94 bits per heavy atom. The first-order valence-corrected chi connectivity index (χ1v) is 6.76. The van der Waals surface area contributed by atoms with Crippen molar-refractivity contribution in [3.05, 3.63) is 35.4 Å². The maximum absolute atomic E-state index is 2.48. The molecule has 1 aromatic rings. The molecular formula is C16H22. The van der Waals surface area contributed by atoms with E-state index in [1.54, 1.807) is 11.1 Å². The van der Waals surface area contributed by atoms with E-state index in [0.717, 1.165) is 11.8 Å². The molecule has 2 aliphatic carbocycles. The molecule has 3 rings (SSSR count). The zero-order valence-corrected chi connectivity index (χ0v) is 10.5. The molecule has 1 aromatic carbocycles. The van der Waals surface area contributed by atoms with Gasteiger partial charge in [0.05, 0.1) is 0 Å². The van der Waals surface area contributed by atoms with Gasteiger partial charge in [-0.25, -0.2) is 0 Å². The SMILES string of the molecule is CC1(C)CCC[C@H]2c3ccccc3CC[C@@H]21. The van der Waals surface area contributed by atoms with E-state index in [1.807, 2.05) is 0 Å². The van der Waals surface area contributed by atoms with Crippen LogP contribution in [0, 0.1) is 11.3 Å². The average molecular weight is 214 g/mol. The predicted octanol–water partition coefficient (Wildman–Crippen LogP) is 4.54. The first kappa shape index (κ1) is 10.4. The Labute approximate surface area is 99.1 Å². The molecule has 0 aromatic heterocycles. The third-order valence-electron chi connectivity index (χ3n) is 5.00. The minimum atomic E-state index is 0.566. The first-order valence-electron chi connectivity index (χ1n) is 6.76. The van der Waals surface area contributed by atoms with Crippen molar-refractivity contribution in [2.24, 2.45) is 11.3 Å². The molecule has 0 aliphatic heterocycles. The highest BCUT2D eigenvalue weighted by molar-refractivity contribution is 5.34. The molecule has 16 heavy (non-hydrogen) atoms. The second-order valence-corrected chi connectivity index (χ2v) is 6.33. The number of hydrogen-bond donors (Lipinski definition) is 0. The lowest BCUT2D eigenvalue weighted by Gasteiger charge is -2.47. The first-order chi connectivity index (χ1) is 7.68. The fraction of sp³-hybridized carbons (Fsp3) is 0.625. The van der Waals surface area contributed by atoms with Crippen molar-refractivity contribution in [1.82, 2.24) is 0 Å². The molecule has 0 nitrogen and oxygen atoms in total. The Kier molecular flexibility index (Phi) is 2.34. The molecule has 0 bridgehead atoms. The summed E-state index contributed by atoms with van der Waals surface area (Å²) in [5.74, 6) is 1.78. The molecule has 0 heteroatoms.